The van der Waals surface area contributed by atoms with E-state index in [-0.39, 0.29) is 24.0 Å². The zero-order valence-corrected chi connectivity index (χ0v) is 13.2. The van der Waals surface area contributed by atoms with Gasteiger partial charge in [0.1, 0.15) is 0 Å². The highest BCUT2D eigenvalue weighted by molar-refractivity contribution is 5.93. The second kappa shape index (κ2) is 5.77. The highest BCUT2D eigenvalue weighted by Crippen LogP contribution is 2.50. The minimum atomic E-state index is -0.927. The van der Waals surface area contributed by atoms with Crippen LogP contribution in [0.25, 0.3) is 0 Å². The summed E-state index contributed by atoms with van der Waals surface area (Å²) in [6.07, 6.45) is 3.82. The van der Waals surface area contributed by atoms with Crippen molar-refractivity contribution in [3.8, 4) is 0 Å². The average molecular weight is 295 g/mol. The SMILES string of the molecule is CCO[C@@H]1C[C@@](O)(CNC(=O)c2cnn(CC)c2)C1(C)C. The monoisotopic (exact) mass is 295 g/mol. The molecule has 1 aromatic rings. The zero-order valence-electron chi connectivity index (χ0n) is 13.2. The number of ether oxygens (including phenoxy) is 1. The molecule has 0 unspecified atom stereocenters. The van der Waals surface area contributed by atoms with E-state index >= 15 is 0 Å². The number of carbonyl (C=O) groups is 1. The van der Waals surface area contributed by atoms with E-state index < -0.39 is 5.60 Å². The van der Waals surface area contributed by atoms with Crippen molar-refractivity contribution in [2.24, 2.45) is 5.41 Å². The van der Waals surface area contributed by atoms with Gasteiger partial charge in [0.2, 0.25) is 0 Å². The van der Waals surface area contributed by atoms with E-state index in [0.29, 0.717) is 18.6 Å². The molecule has 0 aliphatic heterocycles. The summed E-state index contributed by atoms with van der Waals surface area (Å²) >= 11 is 0. The third kappa shape index (κ3) is 2.82. The standard InChI is InChI=1S/C15H25N3O3/c1-5-18-9-11(8-17-18)13(19)16-10-15(20)7-12(21-6-2)14(15,3)4/h8-9,12,20H,5-7,10H2,1-4H3,(H,16,19)/t12-,15-/m1/s1. The van der Waals surface area contributed by atoms with Gasteiger partial charge in [-0.15, -0.1) is 0 Å². The first kappa shape index (κ1) is 16.0. The lowest BCUT2D eigenvalue weighted by atomic mass is 9.56. The number of aliphatic hydroxyl groups is 1. The molecule has 0 radical (unpaired) electrons. The molecular formula is C15H25N3O3. The largest absolute Gasteiger partial charge is 0.387 e. The van der Waals surface area contributed by atoms with Gasteiger partial charge in [0.15, 0.2) is 0 Å². The Kier molecular flexibility index (Phi) is 4.39. The number of aryl methyl sites for hydroxylation is 1. The van der Waals surface area contributed by atoms with Crippen molar-refractivity contribution in [1.82, 2.24) is 15.1 Å². The van der Waals surface area contributed by atoms with Crippen molar-refractivity contribution in [3.05, 3.63) is 18.0 Å². The highest BCUT2D eigenvalue weighted by Gasteiger charge is 2.59. The Morgan fingerprint density at radius 2 is 2.29 bits per heavy atom. The molecule has 0 aromatic carbocycles. The summed E-state index contributed by atoms with van der Waals surface area (Å²) in [6.45, 7) is 9.42. The molecule has 0 bridgehead atoms. The summed E-state index contributed by atoms with van der Waals surface area (Å²) in [5.74, 6) is -0.209. The summed E-state index contributed by atoms with van der Waals surface area (Å²) in [5, 5.41) is 17.5. The molecule has 6 heteroatoms. The predicted octanol–water partition coefficient (Wildman–Crippen LogP) is 1.20. The number of hydrogen-bond acceptors (Lipinski definition) is 4. The fraction of sp³-hybridized carbons (Fsp3) is 0.733. The summed E-state index contributed by atoms with van der Waals surface area (Å²) in [7, 11) is 0. The maximum Gasteiger partial charge on any atom is 0.254 e. The topological polar surface area (TPSA) is 76.4 Å². The normalized spacial score (nSPS) is 27.2. The number of aromatic nitrogens is 2. The van der Waals surface area contributed by atoms with Gasteiger partial charge in [-0.3, -0.25) is 9.48 Å². The van der Waals surface area contributed by atoms with Crippen molar-refractivity contribution in [1.29, 1.82) is 0 Å². The van der Waals surface area contributed by atoms with Crippen molar-refractivity contribution in [3.63, 3.8) is 0 Å². The summed E-state index contributed by atoms with van der Waals surface area (Å²) < 4.78 is 7.31. The molecule has 2 atom stereocenters. The molecule has 21 heavy (non-hydrogen) atoms. The Balaban J connectivity index is 1.92. The molecule has 1 heterocycles. The molecule has 1 saturated carbocycles. The molecule has 0 spiro atoms. The smallest absolute Gasteiger partial charge is 0.254 e. The van der Waals surface area contributed by atoms with Crippen LogP contribution < -0.4 is 5.32 Å². The van der Waals surface area contributed by atoms with Gasteiger partial charge in [-0.25, -0.2) is 0 Å². The minimum absolute atomic E-state index is 0.0345. The fourth-order valence-corrected chi connectivity index (χ4v) is 2.74. The lowest BCUT2D eigenvalue weighted by Crippen LogP contribution is -2.68. The van der Waals surface area contributed by atoms with Gasteiger partial charge < -0.3 is 15.2 Å². The molecule has 2 rings (SSSR count). The summed E-state index contributed by atoms with van der Waals surface area (Å²) in [6, 6.07) is 0. The van der Waals surface area contributed by atoms with Crippen LogP contribution in [0.5, 0.6) is 0 Å². The van der Waals surface area contributed by atoms with Crippen LogP contribution in [-0.4, -0.2) is 45.7 Å². The van der Waals surface area contributed by atoms with Crippen molar-refractivity contribution < 1.29 is 14.6 Å². The van der Waals surface area contributed by atoms with Crippen molar-refractivity contribution in [2.45, 2.75) is 52.4 Å². The molecule has 1 fully saturated rings. The Bertz CT molecular complexity index is 512. The Morgan fingerprint density at radius 3 is 2.81 bits per heavy atom. The number of carbonyl (C=O) groups excluding carboxylic acids is 1. The lowest BCUT2D eigenvalue weighted by Gasteiger charge is -2.57. The van der Waals surface area contributed by atoms with Gasteiger partial charge in [0, 0.05) is 37.7 Å². The first-order chi connectivity index (χ1) is 9.84. The highest BCUT2D eigenvalue weighted by atomic mass is 16.5. The van der Waals surface area contributed by atoms with Gasteiger partial charge >= 0.3 is 0 Å². The number of nitrogens with one attached hydrogen (secondary N) is 1. The number of nitrogens with zero attached hydrogens (tertiary/aromatic N) is 2. The first-order valence-electron chi connectivity index (χ1n) is 7.48. The maximum absolute atomic E-state index is 12.1. The van der Waals surface area contributed by atoms with E-state index in [1.165, 1.54) is 6.20 Å². The quantitative estimate of drug-likeness (QED) is 0.827. The van der Waals surface area contributed by atoms with Gasteiger partial charge in [-0.2, -0.15) is 5.10 Å². The van der Waals surface area contributed by atoms with Crippen LogP contribution in [0.15, 0.2) is 12.4 Å². The number of amides is 1. The van der Waals surface area contributed by atoms with Crippen molar-refractivity contribution >= 4 is 5.91 Å². The summed E-state index contributed by atoms with van der Waals surface area (Å²) in [4.78, 5) is 12.1. The van der Waals surface area contributed by atoms with Crippen LogP contribution in [0.2, 0.25) is 0 Å². The first-order valence-corrected chi connectivity index (χ1v) is 7.48. The second-order valence-corrected chi connectivity index (χ2v) is 6.17. The van der Waals surface area contributed by atoms with E-state index in [4.69, 9.17) is 4.74 Å². The third-order valence-corrected chi connectivity index (χ3v) is 4.66. The molecular weight excluding hydrogens is 270 g/mol. The molecule has 1 aliphatic carbocycles. The van der Waals surface area contributed by atoms with Crippen molar-refractivity contribution in [2.75, 3.05) is 13.2 Å². The average Bonchev–Trinajstić information content (AvgIpc) is 2.93. The zero-order chi connectivity index (χ0) is 15.7. The van der Waals surface area contributed by atoms with Crippen LogP contribution in [-0.2, 0) is 11.3 Å². The van der Waals surface area contributed by atoms with Gasteiger partial charge in [-0.05, 0) is 13.8 Å². The second-order valence-electron chi connectivity index (χ2n) is 6.17. The van der Waals surface area contributed by atoms with E-state index in [2.05, 4.69) is 10.4 Å². The van der Waals surface area contributed by atoms with E-state index in [1.807, 2.05) is 27.7 Å². The van der Waals surface area contributed by atoms with Gasteiger partial charge in [-0.1, -0.05) is 13.8 Å². The molecule has 0 saturated heterocycles. The van der Waals surface area contributed by atoms with Gasteiger partial charge in [0.25, 0.3) is 5.91 Å². The molecule has 6 nitrogen and oxygen atoms in total. The molecule has 1 aromatic heterocycles. The van der Waals surface area contributed by atoms with Crippen LogP contribution in [0, 0.1) is 5.41 Å². The number of hydrogen-bond donors (Lipinski definition) is 2. The van der Waals surface area contributed by atoms with E-state index in [9.17, 15) is 9.90 Å². The summed E-state index contributed by atoms with van der Waals surface area (Å²) in [5.41, 5.74) is -0.786. The third-order valence-electron chi connectivity index (χ3n) is 4.66. The molecule has 1 aliphatic rings. The Hall–Kier alpha value is -1.40. The maximum atomic E-state index is 12.1. The van der Waals surface area contributed by atoms with Crippen LogP contribution >= 0.6 is 0 Å². The van der Waals surface area contributed by atoms with Gasteiger partial charge in [0.05, 0.1) is 23.5 Å². The molecule has 118 valence electrons. The molecule has 1 amide bonds. The predicted molar refractivity (Wildman–Crippen MR) is 79.0 cm³/mol. The Morgan fingerprint density at radius 1 is 1.57 bits per heavy atom. The molecule has 2 N–H and O–H groups in total. The van der Waals surface area contributed by atoms with Crippen LogP contribution in [0.3, 0.4) is 0 Å². The van der Waals surface area contributed by atoms with Crippen LogP contribution in [0.4, 0.5) is 0 Å². The minimum Gasteiger partial charge on any atom is -0.387 e. The fourth-order valence-electron chi connectivity index (χ4n) is 2.74. The van der Waals surface area contributed by atoms with Crippen LogP contribution in [0.1, 0.15) is 44.5 Å². The Labute approximate surface area is 125 Å². The van der Waals surface area contributed by atoms with E-state index in [1.54, 1.807) is 10.9 Å². The lowest BCUT2D eigenvalue weighted by molar-refractivity contribution is -0.237. The number of rotatable bonds is 6. The van der Waals surface area contributed by atoms with E-state index in [0.717, 1.165) is 6.54 Å².